The molecule has 0 heterocycles. The first-order valence-electron chi connectivity index (χ1n) is 5.60. The number of nitrogens with one attached hydrogen (secondary N) is 1. The number of amides is 1. The van der Waals surface area contributed by atoms with Crippen LogP contribution in [0.15, 0.2) is 24.3 Å². The van der Waals surface area contributed by atoms with E-state index in [0.29, 0.717) is 6.42 Å². The molecular weight excluding hydrogens is 218 g/mol. The minimum Gasteiger partial charge on any atom is -0.460 e. The Labute approximate surface area is 100.0 Å². The quantitative estimate of drug-likeness (QED) is 0.784. The van der Waals surface area contributed by atoms with E-state index in [4.69, 9.17) is 4.74 Å². The van der Waals surface area contributed by atoms with Crippen LogP contribution in [0, 0.1) is 0 Å². The zero-order chi connectivity index (χ0) is 12.4. The predicted octanol–water partition coefficient (Wildman–Crippen LogP) is 1.35. The van der Waals surface area contributed by atoms with E-state index in [1.807, 2.05) is 24.3 Å². The summed E-state index contributed by atoms with van der Waals surface area (Å²) in [6.45, 7) is 2.85. The summed E-state index contributed by atoms with van der Waals surface area (Å²) in [7, 11) is 0. The lowest BCUT2D eigenvalue weighted by Gasteiger charge is -2.20. The molecule has 4 heteroatoms. The van der Waals surface area contributed by atoms with Gasteiger partial charge >= 0.3 is 5.97 Å². The zero-order valence-corrected chi connectivity index (χ0v) is 9.90. The Morgan fingerprint density at radius 2 is 2.00 bits per heavy atom. The highest BCUT2D eigenvalue weighted by Crippen LogP contribution is 2.33. The van der Waals surface area contributed by atoms with Crippen LogP contribution in [-0.2, 0) is 20.7 Å². The molecule has 1 aliphatic carbocycles. The van der Waals surface area contributed by atoms with Gasteiger partial charge in [-0.1, -0.05) is 24.3 Å². The molecule has 4 nitrogen and oxygen atoms in total. The fourth-order valence-corrected chi connectivity index (χ4v) is 2.27. The van der Waals surface area contributed by atoms with Crippen molar-refractivity contribution in [3.8, 4) is 0 Å². The monoisotopic (exact) mass is 233 g/mol. The Balaban J connectivity index is 2.26. The summed E-state index contributed by atoms with van der Waals surface area (Å²) in [6, 6.07) is 7.59. The van der Waals surface area contributed by atoms with Gasteiger partial charge in [-0.2, -0.15) is 0 Å². The van der Waals surface area contributed by atoms with Gasteiger partial charge in [0.2, 0.25) is 5.91 Å². The zero-order valence-electron chi connectivity index (χ0n) is 9.90. The summed E-state index contributed by atoms with van der Waals surface area (Å²) in [6.07, 6.45) is 0.356. The van der Waals surface area contributed by atoms with Gasteiger partial charge in [0.05, 0.1) is 6.04 Å². The predicted molar refractivity (Wildman–Crippen MR) is 62.3 cm³/mol. The molecular formula is C13H15NO3. The molecule has 2 atom stereocenters. The molecule has 0 radical (unpaired) electrons. The summed E-state index contributed by atoms with van der Waals surface area (Å²) in [5.74, 6) is -0.443. The molecule has 0 spiro atoms. The lowest BCUT2D eigenvalue weighted by atomic mass is 10.1. The van der Waals surface area contributed by atoms with Gasteiger partial charge in [0.1, 0.15) is 6.10 Å². The molecule has 0 saturated carbocycles. The largest absolute Gasteiger partial charge is 0.460 e. The van der Waals surface area contributed by atoms with E-state index in [-0.39, 0.29) is 24.0 Å². The van der Waals surface area contributed by atoms with Crippen LogP contribution in [0.3, 0.4) is 0 Å². The third-order valence-electron chi connectivity index (χ3n) is 2.86. The lowest BCUT2D eigenvalue weighted by Crippen LogP contribution is -2.34. The SMILES string of the molecule is CC(=O)N[C@H]1c2ccccc2C[C@H]1OC(C)=O. The summed E-state index contributed by atoms with van der Waals surface area (Å²) in [5, 5.41) is 2.84. The van der Waals surface area contributed by atoms with Crippen molar-refractivity contribution < 1.29 is 14.3 Å². The molecule has 0 unspecified atom stereocenters. The fourth-order valence-electron chi connectivity index (χ4n) is 2.27. The molecule has 0 saturated heterocycles. The van der Waals surface area contributed by atoms with E-state index in [2.05, 4.69) is 5.32 Å². The maximum Gasteiger partial charge on any atom is 0.302 e. The fraction of sp³-hybridized carbons (Fsp3) is 0.385. The average Bonchev–Trinajstić information content (AvgIpc) is 2.55. The van der Waals surface area contributed by atoms with Gasteiger partial charge in [-0.15, -0.1) is 0 Å². The standard InChI is InChI=1S/C13H15NO3/c1-8(15)14-13-11-6-4-3-5-10(11)7-12(13)17-9(2)16/h3-6,12-13H,7H2,1-2H3,(H,14,15)/t12-,13+/m1/s1. The normalized spacial score (nSPS) is 21.8. The van der Waals surface area contributed by atoms with E-state index in [0.717, 1.165) is 11.1 Å². The van der Waals surface area contributed by atoms with Crippen LogP contribution >= 0.6 is 0 Å². The van der Waals surface area contributed by atoms with Crippen LogP contribution in [0.4, 0.5) is 0 Å². The van der Waals surface area contributed by atoms with Crippen LogP contribution in [-0.4, -0.2) is 18.0 Å². The molecule has 0 aliphatic heterocycles. The Morgan fingerprint density at radius 3 is 2.65 bits per heavy atom. The van der Waals surface area contributed by atoms with E-state index in [1.54, 1.807) is 0 Å². The first-order chi connectivity index (χ1) is 8.08. The second-order valence-electron chi connectivity index (χ2n) is 4.23. The van der Waals surface area contributed by atoms with Gasteiger partial charge in [-0.05, 0) is 11.1 Å². The first-order valence-corrected chi connectivity index (χ1v) is 5.60. The molecule has 1 aliphatic rings. The highest BCUT2D eigenvalue weighted by Gasteiger charge is 2.34. The van der Waals surface area contributed by atoms with E-state index in [1.165, 1.54) is 13.8 Å². The molecule has 90 valence electrons. The topological polar surface area (TPSA) is 55.4 Å². The van der Waals surface area contributed by atoms with Crippen molar-refractivity contribution in [3.05, 3.63) is 35.4 Å². The maximum atomic E-state index is 11.2. The Bertz CT molecular complexity index is 456. The van der Waals surface area contributed by atoms with Crippen molar-refractivity contribution >= 4 is 11.9 Å². The van der Waals surface area contributed by atoms with Crippen LogP contribution in [0.5, 0.6) is 0 Å². The Morgan fingerprint density at radius 1 is 1.29 bits per heavy atom. The second-order valence-corrected chi connectivity index (χ2v) is 4.23. The molecule has 2 rings (SSSR count). The molecule has 1 aromatic carbocycles. The van der Waals surface area contributed by atoms with Crippen LogP contribution in [0.2, 0.25) is 0 Å². The van der Waals surface area contributed by atoms with Gasteiger partial charge in [-0.25, -0.2) is 0 Å². The third-order valence-corrected chi connectivity index (χ3v) is 2.86. The number of hydrogen-bond donors (Lipinski definition) is 1. The van der Waals surface area contributed by atoms with Gasteiger partial charge in [0.25, 0.3) is 0 Å². The van der Waals surface area contributed by atoms with Crippen LogP contribution < -0.4 is 5.32 Å². The molecule has 1 aromatic rings. The van der Waals surface area contributed by atoms with Crippen LogP contribution in [0.1, 0.15) is 31.0 Å². The second kappa shape index (κ2) is 4.57. The number of ether oxygens (including phenoxy) is 1. The van der Waals surface area contributed by atoms with Gasteiger partial charge in [-0.3, -0.25) is 9.59 Å². The summed E-state index contributed by atoms with van der Waals surface area (Å²) >= 11 is 0. The average molecular weight is 233 g/mol. The molecule has 1 amide bonds. The number of esters is 1. The van der Waals surface area contributed by atoms with Gasteiger partial charge in [0.15, 0.2) is 0 Å². The molecule has 1 N–H and O–H groups in total. The van der Waals surface area contributed by atoms with Gasteiger partial charge < -0.3 is 10.1 Å². The molecule has 0 bridgehead atoms. The van der Waals surface area contributed by atoms with Crippen LogP contribution in [0.25, 0.3) is 0 Å². The summed E-state index contributed by atoms with van der Waals surface area (Å²) in [5.41, 5.74) is 2.16. The highest BCUT2D eigenvalue weighted by atomic mass is 16.5. The Hall–Kier alpha value is -1.84. The van der Waals surface area contributed by atoms with Crippen molar-refractivity contribution in [1.82, 2.24) is 5.32 Å². The van der Waals surface area contributed by atoms with Crippen molar-refractivity contribution in [1.29, 1.82) is 0 Å². The third kappa shape index (κ3) is 2.46. The summed E-state index contributed by atoms with van der Waals surface area (Å²) in [4.78, 5) is 22.2. The van der Waals surface area contributed by atoms with E-state index >= 15 is 0 Å². The lowest BCUT2D eigenvalue weighted by molar-refractivity contribution is -0.148. The van der Waals surface area contributed by atoms with E-state index in [9.17, 15) is 9.59 Å². The number of carbonyl (C=O) groups excluding carboxylic acids is 2. The van der Waals surface area contributed by atoms with Crippen molar-refractivity contribution in [2.45, 2.75) is 32.4 Å². The highest BCUT2D eigenvalue weighted by molar-refractivity contribution is 5.74. The van der Waals surface area contributed by atoms with Gasteiger partial charge in [0, 0.05) is 20.3 Å². The molecule has 0 aromatic heterocycles. The minimum atomic E-state index is -0.321. The minimum absolute atomic E-state index is 0.121. The smallest absolute Gasteiger partial charge is 0.302 e. The molecule has 17 heavy (non-hydrogen) atoms. The van der Waals surface area contributed by atoms with Crippen molar-refractivity contribution in [2.75, 3.05) is 0 Å². The molecule has 0 fully saturated rings. The maximum absolute atomic E-state index is 11.2. The number of rotatable bonds is 2. The Kier molecular flexibility index (Phi) is 3.13. The first kappa shape index (κ1) is 11.6. The summed E-state index contributed by atoms with van der Waals surface area (Å²) < 4.78 is 5.25. The number of benzene rings is 1. The van der Waals surface area contributed by atoms with Crippen molar-refractivity contribution in [3.63, 3.8) is 0 Å². The van der Waals surface area contributed by atoms with E-state index < -0.39 is 0 Å². The number of hydrogen-bond acceptors (Lipinski definition) is 3. The number of fused-ring (bicyclic) bond motifs is 1. The van der Waals surface area contributed by atoms with Crippen molar-refractivity contribution in [2.24, 2.45) is 0 Å². The number of carbonyl (C=O) groups is 2.